The lowest BCUT2D eigenvalue weighted by molar-refractivity contribution is -0.119. The number of anilines is 1. The molecular weight excluding hydrogens is 346 g/mol. The van der Waals surface area contributed by atoms with E-state index >= 15 is 0 Å². The van der Waals surface area contributed by atoms with Crippen LogP contribution in [0.1, 0.15) is 41.5 Å². The minimum absolute atomic E-state index is 0.0533. The molecule has 0 bridgehead atoms. The molecule has 142 valence electrons. The summed E-state index contributed by atoms with van der Waals surface area (Å²) < 4.78 is 10.6. The molecule has 0 aliphatic carbocycles. The van der Waals surface area contributed by atoms with Crippen molar-refractivity contribution < 1.29 is 23.9 Å². The minimum atomic E-state index is -0.590. The Balaban J connectivity index is 1.82. The summed E-state index contributed by atoms with van der Waals surface area (Å²) in [5, 5.41) is 2.60. The molecule has 0 spiro atoms. The van der Waals surface area contributed by atoms with Crippen molar-refractivity contribution in [3.05, 3.63) is 59.7 Å². The van der Waals surface area contributed by atoms with Crippen LogP contribution in [0.25, 0.3) is 0 Å². The zero-order valence-corrected chi connectivity index (χ0v) is 15.7. The molecule has 0 radical (unpaired) electrons. The summed E-state index contributed by atoms with van der Waals surface area (Å²) in [6, 6.07) is 13.0. The van der Waals surface area contributed by atoms with Gasteiger partial charge < -0.3 is 14.8 Å². The van der Waals surface area contributed by atoms with Crippen LogP contribution >= 0.6 is 0 Å². The number of hydrogen-bond acceptors (Lipinski definition) is 5. The monoisotopic (exact) mass is 369 g/mol. The Morgan fingerprint density at radius 2 is 1.52 bits per heavy atom. The summed E-state index contributed by atoms with van der Waals surface area (Å²) in [5.74, 6) is -0.0236. The molecule has 0 heterocycles. The van der Waals surface area contributed by atoms with Gasteiger partial charge in [-0.3, -0.25) is 9.59 Å². The van der Waals surface area contributed by atoms with Crippen LogP contribution in [0.15, 0.2) is 48.5 Å². The van der Waals surface area contributed by atoms with Gasteiger partial charge in [-0.1, -0.05) is 13.8 Å². The first-order chi connectivity index (χ1) is 12.8. The number of Topliss-reactive ketones (excluding diaryl/α,β-unsaturated/α-hetero) is 1. The van der Waals surface area contributed by atoms with E-state index in [9.17, 15) is 14.4 Å². The molecule has 1 amide bonds. The van der Waals surface area contributed by atoms with Crippen molar-refractivity contribution in [2.45, 2.75) is 20.8 Å². The molecule has 0 unspecified atom stereocenters. The number of ether oxygens (including phenoxy) is 2. The summed E-state index contributed by atoms with van der Waals surface area (Å²) in [6.45, 7) is 5.76. The molecule has 1 N–H and O–H groups in total. The molecule has 0 aromatic heterocycles. The lowest BCUT2D eigenvalue weighted by atomic mass is 10.1. The van der Waals surface area contributed by atoms with Crippen LogP contribution in [0.4, 0.5) is 5.69 Å². The van der Waals surface area contributed by atoms with E-state index in [1.165, 1.54) is 6.92 Å². The van der Waals surface area contributed by atoms with Gasteiger partial charge in [0, 0.05) is 11.3 Å². The molecule has 6 heteroatoms. The lowest BCUT2D eigenvalue weighted by Gasteiger charge is -2.09. The van der Waals surface area contributed by atoms with E-state index < -0.39 is 18.5 Å². The number of carbonyl (C=O) groups is 3. The molecule has 2 aromatic rings. The van der Waals surface area contributed by atoms with E-state index in [1.807, 2.05) is 0 Å². The maximum absolute atomic E-state index is 12.0. The smallest absolute Gasteiger partial charge is 0.338 e. The SMILES string of the molecule is CC(=O)c1ccc(NC(=O)COC(=O)c2ccc(OCC(C)C)cc2)cc1. The maximum atomic E-state index is 12.0. The molecule has 0 aliphatic rings. The van der Waals surface area contributed by atoms with E-state index in [4.69, 9.17) is 9.47 Å². The maximum Gasteiger partial charge on any atom is 0.338 e. The van der Waals surface area contributed by atoms with Gasteiger partial charge in [-0.15, -0.1) is 0 Å². The number of carbonyl (C=O) groups excluding carboxylic acids is 3. The summed E-state index contributed by atoms with van der Waals surface area (Å²) in [4.78, 5) is 35.1. The van der Waals surface area contributed by atoms with E-state index in [0.717, 1.165) is 0 Å². The zero-order chi connectivity index (χ0) is 19.8. The normalized spacial score (nSPS) is 10.4. The number of amides is 1. The molecule has 0 saturated heterocycles. The molecule has 2 rings (SSSR count). The van der Waals surface area contributed by atoms with Crippen molar-refractivity contribution in [2.24, 2.45) is 5.92 Å². The summed E-state index contributed by atoms with van der Waals surface area (Å²) in [6.07, 6.45) is 0. The van der Waals surface area contributed by atoms with Gasteiger partial charge in [0.25, 0.3) is 5.91 Å². The van der Waals surface area contributed by atoms with Crippen molar-refractivity contribution in [3.8, 4) is 5.75 Å². The van der Waals surface area contributed by atoms with Gasteiger partial charge in [0.15, 0.2) is 12.4 Å². The fourth-order valence-corrected chi connectivity index (χ4v) is 2.15. The Morgan fingerprint density at radius 3 is 2.07 bits per heavy atom. The van der Waals surface area contributed by atoms with Crippen molar-refractivity contribution in [3.63, 3.8) is 0 Å². The topological polar surface area (TPSA) is 81.7 Å². The molecule has 0 atom stereocenters. The van der Waals surface area contributed by atoms with Crippen molar-refractivity contribution in [1.29, 1.82) is 0 Å². The van der Waals surface area contributed by atoms with Gasteiger partial charge in [0.05, 0.1) is 12.2 Å². The van der Waals surface area contributed by atoms with E-state index in [-0.39, 0.29) is 5.78 Å². The number of ketones is 1. The molecular formula is C21H23NO5. The highest BCUT2D eigenvalue weighted by Crippen LogP contribution is 2.14. The number of hydrogen-bond donors (Lipinski definition) is 1. The first-order valence-corrected chi connectivity index (χ1v) is 8.66. The Labute approximate surface area is 158 Å². The second-order valence-electron chi connectivity index (χ2n) is 6.49. The Bertz CT molecular complexity index is 794. The Hall–Kier alpha value is -3.15. The van der Waals surface area contributed by atoms with Crippen molar-refractivity contribution in [2.75, 3.05) is 18.5 Å². The zero-order valence-electron chi connectivity index (χ0n) is 15.7. The second-order valence-corrected chi connectivity index (χ2v) is 6.49. The average molecular weight is 369 g/mol. The van der Waals surface area contributed by atoms with Crippen LogP contribution in [-0.4, -0.2) is 30.9 Å². The van der Waals surface area contributed by atoms with Gasteiger partial charge in [-0.2, -0.15) is 0 Å². The predicted octanol–water partition coefficient (Wildman–Crippen LogP) is 3.72. The molecule has 0 aliphatic heterocycles. The summed E-state index contributed by atoms with van der Waals surface area (Å²) >= 11 is 0. The van der Waals surface area contributed by atoms with Gasteiger partial charge in [-0.25, -0.2) is 4.79 Å². The van der Waals surface area contributed by atoms with Crippen molar-refractivity contribution in [1.82, 2.24) is 0 Å². The van der Waals surface area contributed by atoms with Crippen LogP contribution in [-0.2, 0) is 9.53 Å². The first kappa shape index (κ1) is 20.2. The van der Waals surface area contributed by atoms with Gasteiger partial charge in [0.1, 0.15) is 5.75 Å². The fourth-order valence-electron chi connectivity index (χ4n) is 2.15. The van der Waals surface area contributed by atoms with Crippen LogP contribution < -0.4 is 10.1 Å². The van der Waals surface area contributed by atoms with E-state index in [1.54, 1.807) is 48.5 Å². The van der Waals surface area contributed by atoms with Crippen LogP contribution in [0.2, 0.25) is 0 Å². The fraction of sp³-hybridized carbons (Fsp3) is 0.286. The second kappa shape index (κ2) is 9.52. The largest absolute Gasteiger partial charge is 0.493 e. The number of nitrogens with one attached hydrogen (secondary N) is 1. The summed E-state index contributed by atoms with van der Waals surface area (Å²) in [7, 11) is 0. The Morgan fingerprint density at radius 1 is 0.926 bits per heavy atom. The Kier molecular flexibility index (Phi) is 7.11. The van der Waals surface area contributed by atoms with Crippen LogP contribution in [0.3, 0.4) is 0 Å². The van der Waals surface area contributed by atoms with E-state index in [2.05, 4.69) is 19.2 Å². The molecule has 0 fully saturated rings. The molecule has 27 heavy (non-hydrogen) atoms. The quantitative estimate of drug-likeness (QED) is 0.566. The summed E-state index contributed by atoms with van der Waals surface area (Å²) in [5.41, 5.74) is 1.42. The van der Waals surface area contributed by atoms with Gasteiger partial charge in [-0.05, 0) is 61.4 Å². The highest BCUT2D eigenvalue weighted by molar-refractivity contribution is 5.97. The van der Waals surface area contributed by atoms with Crippen LogP contribution in [0, 0.1) is 5.92 Å². The molecule has 6 nitrogen and oxygen atoms in total. The first-order valence-electron chi connectivity index (χ1n) is 8.66. The van der Waals surface area contributed by atoms with E-state index in [0.29, 0.717) is 35.1 Å². The number of esters is 1. The van der Waals surface area contributed by atoms with Crippen LogP contribution in [0.5, 0.6) is 5.75 Å². The average Bonchev–Trinajstić information content (AvgIpc) is 2.65. The predicted molar refractivity (Wildman–Crippen MR) is 102 cm³/mol. The van der Waals surface area contributed by atoms with Gasteiger partial charge in [0.2, 0.25) is 0 Å². The standard InChI is InChI=1S/C21H23NO5/c1-14(2)12-26-19-10-6-17(7-11-19)21(25)27-13-20(24)22-18-8-4-16(5-9-18)15(3)23/h4-11,14H,12-13H2,1-3H3,(H,22,24). The minimum Gasteiger partial charge on any atom is -0.493 e. The number of rotatable bonds is 8. The highest BCUT2D eigenvalue weighted by atomic mass is 16.5. The van der Waals surface area contributed by atoms with Gasteiger partial charge >= 0.3 is 5.97 Å². The molecule has 2 aromatic carbocycles. The molecule has 0 saturated carbocycles. The third-order valence-electron chi connectivity index (χ3n) is 3.58. The third kappa shape index (κ3) is 6.58. The third-order valence-corrected chi connectivity index (χ3v) is 3.58. The highest BCUT2D eigenvalue weighted by Gasteiger charge is 2.11. The lowest BCUT2D eigenvalue weighted by Crippen LogP contribution is -2.21. The van der Waals surface area contributed by atoms with Crippen molar-refractivity contribution >= 4 is 23.3 Å². The number of benzene rings is 2.